The van der Waals surface area contributed by atoms with Crippen molar-refractivity contribution in [1.82, 2.24) is 4.90 Å². The Morgan fingerprint density at radius 1 is 1.31 bits per heavy atom. The molecule has 26 heavy (non-hydrogen) atoms. The Bertz CT molecular complexity index is 690. The van der Waals surface area contributed by atoms with Gasteiger partial charge in [0.25, 0.3) is 5.91 Å². The van der Waals surface area contributed by atoms with Crippen molar-refractivity contribution in [2.24, 2.45) is 5.92 Å². The SMILES string of the molecule is C[C@@H]1CCCN(C(=O)COC(=O)CN2C(=O)CCOc3ccccc32)C1. The normalized spacial score (nSPS) is 20.0. The second kappa shape index (κ2) is 8.21. The summed E-state index contributed by atoms with van der Waals surface area (Å²) in [5, 5.41) is 0. The summed E-state index contributed by atoms with van der Waals surface area (Å²) in [5.41, 5.74) is 0.545. The molecular weight excluding hydrogens is 336 g/mol. The van der Waals surface area contributed by atoms with Gasteiger partial charge in [-0.05, 0) is 30.9 Å². The Hall–Kier alpha value is -2.57. The summed E-state index contributed by atoms with van der Waals surface area (Å²) in [6.45, 7) is 3.26. The number of piperidine rings is 1. The molecule has 7 nitrogen and oxygen atoms in total. The molecule has 2 aliphatic rings. The number of esters is 1. The van der Waals surface area contributed by atoms with E-state index in [9.17, 15) is 14.4 Å². The molecule has 1 saturated heterocycles. The van der Waals surface area contributed by atoms with Crippen LogP contribution in [0.5, 0.6) is 5.75 Å². The zero-order valence-corrected chi connectivity index (χ0v) is 15.0. The fraction of sp³-hybridized carbons (Fsp3) is 0.526. The first-order chi connectivity index (χ1) is 12.5. The second-order valence-electron chi connectivity index (χ2n) is 6.79. The number of ether oxygens (including phenoxy) is 2. The molecule has 2 heterocycles. The summed E-state index contributed by atoms with van der Waals surface area (Å²) < 4.78 is 10.7. The minimum absolute atomic E-state index is 0.184. The van der Waals surface area contributed by atoms with Crippen LogP contribution in [-0.2, 0) is 19.1 Å². The highest BCUT2D eigenvalue weighted by Crippen LogP contribution is 2.30. The number of hydrogen-bond acceptors (Lipinski definition) is 5. The molecule has 1 aromatic rings. The number of fused-ring (bicyclic) bond motifs is 1. The topological polar surface area (TPSA) is 76.2 Å². The van der Waals surface area contributed by atoms with Gasteiger partial charge in [-0.3, -0.25) is 19.3 Å². The molecule has 0 N–H and O–H groups in total. The van der Waals surface area contributed by atoms with E-state index in [1.807, 2.05) is 6.07 Å². The minimum Gasteiger partial charge on any atom is -0.491 e. The molecule has 1 atom stereocenters. The molecule has 2 aliphatic heterocycles. The van der Waals surface area contributed by atoms with Crippen molar-refractivity contribution in [2.45, 2.75) is 26.2 Å². The van der Waals surface area contributed by atoms with Crippen molar-refractivity contribution < 1.29 is 23.9 Å². The standard InChI is InChI=1S/C19H24N2O5/c1-14-5-4-9-20(11-14)18(23)13-26-19(24)12-21-15-6-2-3-7-16(15)25-10-8-17(21)22/h2-3,6-7,14H,4-5,8-13H2,1H3/t14-/m1/s1. The van der Waals surface area contributed by atoms with E-state index < -0.39 is 5.97 Å². The van der Waals surface area contributed by atoms with Crippen LogP contribution in [0.2, 0.25) is 0 Å². The summed E-state index contributed by atoms with van der Waals surface area (Å²) >= 11 is 0. The van der Waals surface area contributed by atoms with E-state index in [4.69, 9.17) is 9.47 Å². The molecule has 0 radical (unpaired) electrons. The predicted octanol–water partition coefficient (Wildman–Crippen LogP) is 1.60. The summed E-state index contributed by atoms with van der Waals surface area (Å²) in [4.78, 5) is 39.8. The molecule has 140 valence electrons. The second-order valence-corrected chi connectivity index (χ2v) is 6.79. The van der Waals surface area contributed by atoms with Crippen LogP contribution in [0.3, 0.4) is 0 Å². The number of para-hydroxylation sites is 2. The Morgan fingerprint density at radius 2 is 2.12 bits per heavy atom. The molecular formula is C19H24N2O5. The van der Waals surface area contributed by atoms with Crippen molar-refractivity contribution in [3.63, 3.8) is 0 Å². The van der Waals surface area contributed by atoms with Gasteiger partial charge in [0.2, 0.25) is 5.91 Å². The number of carbonyl (C=O) groups is 3. The lowest BCUT2D eigenvalue weighted by molar-refractivity contribution is -0.151. The van der Waals surface area contributed by atoms with Gasteiger partial charge in [0.15, 0.2) is 6.61 Å². The number of hydrogen-bond donors (Lipinski definition) is 0. The van der Waals surface area contributed by atoms with E-state index in [0.717, 1.165) is 12.8 Å². The third-order valence-corrected chi connectivity index (χ3v) is 4.68. The fourth-order valence-corrected chi connectivity index (χ4v) is 3.32. The highest BCUT2D eigenvalue weighted by molar-refractivity contribution is 5.99. The average molecular weight is 360 g/mol. The van der Waals surface area contributed by atoms with Gasteiger partial charge in [0.05, 0.1) is 18.7 Å². The van der Waals surface area contributed by atoms with E-state index in [1.54, 1.807) is 23.1 Å². The largest absolute Gasteiger partial charge is 0.491 e. The van der Waals surface area contributed by atoms with Crippen LogP contribution in [0.4, 0.5) is 5.69 Å². The zero-order valence-electron chi connectivity index (χ0n) is 15.0. The third kappa shape index (κ3) is 4.33. The van der Waals surface area contributed by atoms with Crippen molar-refractivity contribution in [3.8, 4) is 5.75 Å². The number of likely N-dealkylation sites (tertiary alicyclic amines) is 1. The molecule has 0 unspecified atom stereocenters. The predicted molar refractivity (Wildman–Crippen MR) is 94.8 cm³/mol. The maximum absolute atomic E-state index is 12.3. The summed E-state index contributed by atoms with van der Waals surface area (Å²) in [5.74, 6) is 0.0338. The molecule has 3 rings (SSSR count). The molecule has 0 aromatic heterocycles. The van der Waals surface area contributed by atoms with Crippen LogP contribution in [-0.4, -0.2) is 55.5 Å². The van der Waals surface area contributed by atoms with Gasteiger partial charge < -0.3 is 14.4 Å². The molecule has 1 aromatic carbocycles. The monoisotopic (exact) mass is 360 g/mol. The van der Waals surface area contributed by atoms with Gasteiger partial charge in [-0.15, -0.1) is 0 Å². The average Bonchev–Trinajstić information content (AvgIpc) is 2.79. The maximum atomic E-state index is 12.3. The first kappa shape index (κ1) is 18.2. The number of carbonyl (C=O) groups excluding carboxylic acids is 3. The first-order valence-electron chi connectivity index (χ1n) is 9.00. The van der Waals surface area contributed by atoms with Gasteiger partial charge >= 0.3 is 5.97 Å². The van der Waals surface area contributed by atoms with Crippen LogP contribution < -0.4 is 9.64 Å². The van der Waals surface area contributed by atoms with Crippen molar-refractivity contribution in [3.05, 3.63) is 24.3 Å². The van der Waals surface area contributed by atoms with E-state index in [2.05, 4.69) is 6.92 Å². The highest BCUT2D eigenvalue weighted by Gasteiger charge is 2.27. The van der Waals surface area contributed by atoms with Crippen LogP contribution in [0.25, 0.3) is 0 Å². The molecule has 7 heteroatoms. The van der Waals surface area contributed by atoms with Crippen molar-refractivity contribution in [1.29, 1.82) is 0 Å². The zero-order chi connectivity index (χ0) is 18.5. The van der Waals surface area contributed by atoms with Crippen LogP contribution in [0, 0.1) is 5.92 Å². The minimum atomic E-state index is -0.603. The molecule has 0 aliphatic carbocycles. The van der Waals surface area contributed by atoms with E-state index in [0.29, 0.717) is 30.4 Å². The summed E-state index contributed by atoms with van der Waals surface area (Å²) in [6, 6.07) is 7.07. The molecule has 0 bridgehead atoms. The molecule has 0 saturated carbocycles. The van der Waals surface area contributed by atoms with Gasteiger partial charge in [0.1, 0.15) is 12.3 Å². The number of nitrogens with zero attached hydrogens (tertiary/aromatic N) is 2. The quantitative estimate of drug-likeness (QED) is 0.763. The Morgan fingerprint density at radius 3 is 2.92 bits per heavy atom. The molecule has 2 amide bonds. The van der Waals surface area contributed by atoms with Gasteiger partial charge in [-0.2, -0.15) is 0 Å². The number of anilines is 1. The number of rotatable bonds is 4. The first-order valence-corrected chi connectivity index (χ1v) is 9.00. The Balaban J connectivity index is 1.57. The van der Waals surface area contributed by atoms with Crippen LogP contribution in [0.15, 0.2) is 24.3 Å². The van der Waals surface area contributed by atoms with Gasteiger partial charge in [0, 0.05) is 13.1 Å². The third-order valence-electron chi connectivity index (χ3n) is 4.68. The lowest BCUT2D eigenvalue weighted by Crippen LogP contribution is -2.42. The lowest BCUT2D eigenvalue weighted by atomic mass is 10.0. The molecule has 0 spiro atoms. The highest BCUT2D eigenvalue weighted by atomic mass is 16.5. The maximum Gasteiger partial charge on any atom is 0.326 e. The Labute approximate surface area is 152 Å². The van der Waals surface area contributed by atoms with Crippen molar-refractivity contribution >= 4 is 23.5 Å². The fourth-order valence-electron chi connectivity index (χ4n) is 3.32. The summed E-state index contributed by atoms with van der Waals surface area (Å²) in [7, 11) is 0. The smallest absolute Gasteiger partial charge is 0.326 e. The Kier molecular flexibility index (Phi) is 5.75. The van der Waals surface area contributed by atoms with Crippen LogP contribution >= 0.6 is 0 Å². The van der Waals surface area contributed by atoms with E-state index in [1.165, 1.54) is 4.90 Å². The van der Waals surface area contributed by atoms with Crippen molar-refractivity contribution in [2.75, 3.05) is 37.7 Å². The van der Waals surface area contributed by atoms with E-state index >= 15 is 0 Å². The lowest BCUT2D eigenvalue weighted by Gasteiger charge is -2.30. The number of amides is 2. The van der Waals surface area contributed by atoms with Crippen LogP contribution in [0.1, 0.15) is 26.2 Å². The number of benzene rings is 1. The van der Waals surface area contributed by atoms with E-state index in [-0.39, 0.29) is 38.0 Å². The van der Waals surface area contributed by atoms with Gasteiger partial charge in [-0.1, -0.05) is 19.1 Å². The molecule has 1 fully saturated rings. The van der Waals surface area contributed by atoms with Gasteiger partial charge in [-0.25, -0.2) is 0 Å². The summed E-state index contributed by atoms with van der Waals surface area (Å²) in [6.07, 6.45) is 2.27.